The quantitative estimate of drug-likeness (QED) is 0.914. The van der Waals surface area contributed by atoms with Crippen LogP contribution >= 0.6 is 0 Å². The molecule has 0 saturated carbocycles. The predicted molar refractivity (Wildman–Crippen MR) is 82.3 cm³/mol. The Balaban J connectivity index is 2.33. The largest absolute Gasteiger partial charge is 0.319 e. The molecule has 1 saturated heterocycles. The number of amides is 1. The summed E-state index contributed by atoms with van der Waals surface area (Å²) in [6.45, 7) is 10.6. The number of hydrogen-bond acceptors (Lipinski definition) is 2. The van der Waals surface area contributed by atoms with Crippen LogP contribution in [-0.2, 0) is 4.79 Å². The average Bonchev–Trinajstić information content (AvgIpc) is 2.73. The van der Waals surface area contributed by atoms with Crippen LogP contribution in [0.2, 0.25) is 0 Å². The van der Waals surface area contributed by atoms with E-state index in [2.05, 4.69) is 57.3 Å². The normalized spacial score (nSPS) is 25.9. The monoisotopic (exact) mass is 274 g/mol. The van der Waals surface area contributed by atoms with E-state index >= 15 is 0 Å². The maximum atomic E-state index is 12.5. The van der Waals surface area contributed by atoms with Gasteiger partial charge in [0.1, 0.15) is 6.17 Å². The summed E-state index contributed by atoms with van der Waals surface area (Å²) in [4.78, 5) is 14.5. The van der Waals surface area contributed by atoms with Gasteiger partial charge in [0.15, 0.2) is 0 Å². The zero-order valence-corrected chi connectivity index (χ0v) is 13.2. The smallest absolute Gasteiger partial charge is 0.241 e. The van der Waals surface area contributed by atoms with E-state index in [1.807, 2.05) is 11.8 Å². The van der Waals surface area contributed by atoms with Gasteiger partial charge in [-0.05, 0) is 32.3 Å². The highest BCUT2D eigenvalue weighted by Gasteiger charge is 2.40. The lowest BCUT2D eigenvalue weighted by atomic mass is 9.98. The number of rotatable bonds is 4. The fourth-order valence-electron chi connectivity index (χ4n) is 2.89. The Bertz CT molecular complexity index is 486. The zero-order valence-electron chi connectivity index (χ0n) is 13.2. The standard InChI is InChI=1S/C17H26N2O/c1-6-12(3)14(5)19-16(18-13(4)17(19)20)15-9-7-8-11(2)10-15/h7-10,12-14,16,18H,6H2,1-5H3. The first-order valence-electron chi connectivity index (χ1n) is 7.60. The Morgan fingerprint density at radius 1 is 1.35 bits per heavy atom. The number of nitrogens with zero attached hydrogens (tertiary/aromatic N) is 1. The second-order valence-electron chi connectivity index (χ2n) is 6.08. The van der Waals surface area contributed by atoms with Gasteiger partial charge in [0, 0.05) is 6.04 Å². The Morgan fingerprint density at radius 2 is 2.05 bits per heavy atom. The fourth-order valence-corrected chi connectivity index (χ4v) is 2.89. The number of benzene rings is 1. The van der Waals surface area contributed by atoms with Crippen molar-refractivity contribution in [2.45, 2.75) is 59.3 Å². The summed E-state index contributed by atoms with van der Waals surface area (Å²) < 4.78 is 0. The van der Waals surface area contributed by atoms with E-state index in [1.165, 1.54) is 11.1 Å². The van der Waals surface area contributed by atoms with Crippen LogP contribution in [0.4, 0.5) is 0 Å². The van der Waals surface area contributed by atoms with Crippen LogP contribution in [0, 0.1) is 12.8 Å². The fraction of sp³-hybridized carbons (Fsp3) is 0.588. The van der Waals surface area contributed by atoms with Gasteiger partial charge in [-0.15, -0.1) is 0 Å². The van der Waals surface area contributed by atoms with Crippen molar-refractivity contribution >= 4 is 5.91 Å². The molecule has 110 valence electrons. The molecule has 0 bridgehead atoms. The molecule has 1 aliphatic rings. The molecule has 2 rings (SSSR count). The van der Waals surface area contributed by atoms with Crippen LogP contribution in [0.3, 0.4) is 0 Å². The number of nitrogens with one attached hydrogen (secondary N) is 1. The predicted octanol–water partition coefficient (Wildman–Crippen LogP) is 3.25. The van der Waals surface area contributed by atoms with Crippen molar-refractivity contribution in [2.75, 3.05) is 0 Å². The topological polar surface area (TPSA) is 32.3 Å². The third-order valence-corrected chi connectivity index (χ3v) is 4.58. The minimum Gasteiger partial charge on any atom is -0.319 e. The van der Waals surface area contributed by atoms with Crippen molar-refractivity contribution in [3.8, 4) is 0 Å². The molecule has 1 aromatic carbocycles. The molecule has 3 nitrogen and oxygen atoms in total. The molecule has 4 atom stereocenters. The third-order valence-electron chi connectivity index (χ3n) is 4.58. The van der Waals surface area contributed by atoms with Crippen molar-refractivity contribution in [1.82, 2.24) is 10.2 Å². The van der Waals surface area contributed by atoms with Gasteiger partial charge in [0.05, 0.1) is 6.04 Å². The van der Waals surface area contributed by atoms with Crippen LogP contribution in [-0.4, -0.2) is 22.9 Å². The molecule has 0 aliphatic carbocycles. The highest BCUT2D eigenvalue weighted by Crippen LogP contribution is 2.30. The van der Waals surface area contributed by atoms with Crippen molar-refractivity contribution in [3.63, 3.8) is 0 Å². The van der Waals surface area contributed by atoms with E-state index in [4.69, 9.17) is 0 Å². The first-order valence-corrected chi connectivity index (χ1v) is 7.60. The van der Waals surface area contributed by atoms with E-state index in [-0.39, 0.29) is 24.2 Å². The van der Waals surface area contributed by atoms with Gasteiger partial charge in [-0.25, -0.2) is 0 Å². The molecule has 0 aromatic heterocycles. The van der Waals surface area contributed by atoms with Crippen LogP contribution in [0.25, 0.3) is 0 Å². The molecular weight excluding hydrogens is 248 g/mol. The van der Waals surface area contributed by atoms with Gasteiger partial charge in [-0.1, -0.05) is 50.1 Å². The first-order chi connectivity index (χ1) is 9.45. The maximum absolute atomic E-state index is 12.5. The second-order valence-corrected chi connectivity index (χ2v) is 6.08. The molecule has 0 spiro atoms. The molecule has 1 amide bonds. The number of carbonyl (C=O) groups excluding carboxylic acids is 1. The third kappa shape index (κ3) is 2.73. The lowest BCUT2D eigenvalue weighted by molar-refractivity contribution is -0.132. The van der Waals surface area contributed by atoms with E-state index in [9.17, 15) is 4.79 Å². The van der Waals surface area contributed by atoms with Crippen molar-refractivity contribution in [2.24, 2.45) is 5.92 Å². The van der Waals surface area contributed by atoms with E-state index in [0.717, 1.165) is 6.42 Å². The molecule has 1 aromatic rings. The molecule has 1 N–H and O–H groups in total. The highest BCUT2D eigenvalue weighted by atomic mass is 16.2. The Kier molecular flexibility index (Phi) is 4.48. The minimum atomic E-state index is -0.105. The molecule has 1 heterocycles. The van der Waals surface area contributed by atoms with Gasteiger partial charge in [-0.2, -0.15) is 0 Å². The van der Waals surface area contributed by atoms with Crippen LogP contribution < -0.4 is 5.32 Å². The van der Waals surface area contributed by atoms with Gasteiger partial charge in [0.2, 0.25) is 5.91 Å². The zero-order chi connectivity index (χ0) is 14.9. The Morgan fingerprint density at radius 3 is 2.65 bits per heavy atom. The summed E-state index contributed by atoms with van der Waals surface area (Å²) in [5.74, 6) is 0.711. The summed E-state index contributed by atoms with van der Waals surface area (Å²) in [5.41, 5.74) is 2.41. The second kappa shape index (κ2) is 5.96. The van der Waals surface area contributed by atoms with E-state index < -0.39 is 0 Å². The molecule has 1 fully saturated rings. The van der Waals surface area contributed by atoms with Crippen molar-refractivity contribution in [1.29, 1.82) is 0 Å². The summed E-state index contributed by atoms with van der Waals surface area (Å²) in [6, 6.07) is 8.56. The van der Waals surface area contributed by atoms with Gasteiger partial charge in [0.25, 0.3) is 0 Å². The maximum Gasteiger partial charge on any atom is 0.241 e. The van der Waals surface area contributed by atoms with Crippen LogP contribution in [0.15, 0.2) is 24.3 Å². The molecule has 3 heteroatoms. The van der Waals surface area contributed by atoms with Crippen LogP contribution in [0.1, 0.15) is 51.4 Å². The van der Waals surface area contributed by atoms with E-state index in [0.29, 0.717) is 5.92 Å². The molecule has 1 aliphatic heterocycles. The number of aryl methyl sites for hydroxylation is 1. The lowest BCUT2D eigenvalue weighted by Gasteiger charge is -2.34. The van der Waals surface area contributed by atoms with Crippen LogP contribution in [0.5, 0.6) is 0 Å². The van der Waals surface area contributed by atoms with E-state index in [1.54, 1.807) is 0 Å². The molecule has 4 unspecified atom stereocenters. The van der Waals surface area contributed by atoms with Gasteiger partial charge in [-0.3, -0.25) is 10.1 Å². The molecule has 20 heavy (non-hydrogen) atoms. The summed E-state index contributed by atoms with van der Waals surface area (Å²) >= 11 is 0. The summed E-state index contributed by atoms with van der Waals surface area (Å²) in [7, 11) is 0. The Hall–Kier alpha value is -1.35. The average molecular weight is 274 g/mol. The Labute approximate surface area is 122 Å². The SMILES string of the molecule is CCC(C)C(C)N1C(=O)C(C)NC1c1cccc(C)c1. The van der Waals surface area contributed by atoms with Gasteiger partial charge >= 0.3 is 0 Å². The first kappa shape index (κ1) is 15.0. The summed E-state index contributed by atoms with van der Waals surface area (Å²) in [5, 5.41) is 3.43. The lowest BCUT2D eigenvalue weighted by Crippen LogP contribution is -2.41. The van der Waals surface area contributed by atoms with Gasteiger partial charge < -0.3 is 4.90 Å². The highest BCUT2D eigenvalue weighted by molar-refractivity contribution is 5.84. The molecule has 0 radical (unpaired) electrons. The van der Waals surface area contributed by atoms with Crippen molar-refractivity contribution < 1.29 is 4.79 Å². The molecular formula is C17H26N2O. The number of carbonyl (C=O) groups is 1. The number of hydrogen-bond donors (Lipinski definition) is 1. The minimum absolute atomic E-state index is 0.00130. The summed E-state index contributed by atoms with van der Waals surface area (Å²) in [6.07, 6.45) is 1.08. The van der Waals surface area contributed by atoms with Crippen molar-refractivity contribution in [3.05, 3.63) is 35.4 Å².